The normalized spacial score (nSPS) is 7.24. The van der Waals surface area contributed by atoms with Crippen LogP contribution in [0.25, 0.3) is 0 Å². The van der Waals surface area contributed by atoms with Gasteiger partial charge < -0.3 is 32.3 Å². The third-order valence-electron chi connectivity index (χ3n) is 0.818. The molecule has 17 heavy (non-hydrogen) atoms. The minimum Gasteiger partial charge on any atom is -0.481 e. The van der Waals surface area contributed by atoms with Gasteiger partial charge in [0.15, 0.2) is 0 Å². The fourth-order valence-electron chi connectivity index (χ4n) is 0.191. The first-order valence-corrected chi connectivity index (χ1v) is 4.42. The fraction of sp³-hybridized carbons (Fsp3) is 0.556. The second-order valence-electron chi connectivity index (χ2n) is 2.26. The lowest BCUT2D eigenvalue weighted by Crippen LogP contribution is -1.96. The van der Waals surface area contributed by atoms with Gasteiger partial charge in [-0.3, -0.25) is 9.59 Å². The summed E-state index contributed by atoms with van der Waals surface area (Å²) in [6, 6.07) is 0. The summed E-state index contributed by atoms with van der Waals surface area (Å²) in [7, 11) is 0. The molecule has 104 valence electrons. The molecular formula is C9H22N2O6. The first-order valence-electron chi connectivity index (χ1n) is 4.42. The van der Waals surface area contributed by atoms with E-state index >= 15 is 0 Å². The molecule has 8 heteroatoms. The van der Waals surface area contributed by atoms with Crippen LogP contribution in [0.5, 0.6) is 0 Å². The Balaban J connectivity index is -0.0000000741. The van der Waals surface area contributed by atoms with Gasteiger partial charge in [0, 0.05) is 6.54 Å². The van der Waals surface area contributed by atoms with E-state index in [1.165, 1.54) is 0 Å². The Bertz CT molecular complexity index is 170. The van der Waals surface area contributed by atoms with Gasteiger partial charge in [-0.1, -0.05) is 6.08 Å². The van der Waals surface area contributed by atoms with E-state index in [2.05, 4.69) is 6.58 Å². The molecule has 0 aromatic rings. The molecule has 0 saturated heterocycles. The summed E-state index contributed by atoms with van der Waals surface area (Å²) in [6.07, 6.45) is 1.35. The molecule has 0 radical (unpaired) electrons. The van der Waals surface area contributed by atoms with Crippen LogP contribution in [0.4, 0.5) is 0 Å². The van der Waals surface area contributed by atoms with Gasteiger partial charge in [-0.15, -0.1) is 6.58 Å². The topological polar surface area (TPSA) is 176 Å². The summed E-state index contributed by atoms with van der Waals surface area (Å²) in [5, 5.41) is 31.2. The minimum absolute atomic E-state index is 0. The molecule has 9 N–H and O–H groups in total. The SMILES string of the molecule is C=CCN.N.O=C(O)CCO.O=C(O)CCO. The molecule has 0 saturated carbocycles. The van der Waals surface area contributed by atoms with Crippen LogP contribution in [0.2, 0.25) is 0 Å². The van der Waals surface area contributed by atoms with E-state index in [9.17, 15) is 9.59 Å². The molecule has 0 spiro atoms. The van der Waals surface area contributed by atoms with Gasteiger partial charge in [0.2, 0.25) is 0 Å². The lowest BCUT2D eigenvalue weighted by molar-refractivity contribution is -0.138. The average Bonchev–Trinajstić information content (AvgIpc) is 2.18. The smallest absolute Gasteiger partial charge is 0.305 e. The molecule has 0 atom stereocenters. The molecule has 0 aliphatic rings. The zero-order chi connectivity index (χ0) is 13.4. The third-order valence-corrected chi connectivity index (χ3v) is 0.818. The van der Waals surface area contributed by atoms with E-state index in [0.717, 1.165) is 0 Å². The number of hydrogen-bond donors (Lipinski definition) is 6. The maximum absolute atomic E-state index is 9.44. The summed E-state index contributed by atoms with van der Waals surface area (Å²) in [4.78, 5) is 18.9. The van der Waals surface area contributed by atoms with Crippen molar-refractivity contribution in [2.24, 2.45) is 5.73 Å². The molecule has 0 aromatic heterocycles. The third kappa shape index (κ3) is 74.7. The van der Waals surface area contributed by atoms with E-state index in [-0.39, 0.29) is 32.2 Å². The average molecular weight is 254 g/mol. The number of aliphatic hydroxyl groups is 2. The predicted molar refractivity (Wildman–Crippen MR) is 63.0 cm³/mol. The molecule has 0 fully saturated rings. The number of carboxylic acids is 2. The van der Waals surface area contributed by atoms with Crippen LogP contribution >= 0.6 is 0 Å². The Hall–Kier alpha value is -1.48. The molecule has 0 amide bonds. The van der Waals surface area contributed by atoms with Crippen molar-refractivity contribution >= 4 is 11.9 Å². The number of aliphatic carboxylic acids is 2. The summed E-state index contributed by atoms with van der Waals surface area (Å²) in [6.45, 7) is 3.40. The minimum atomic E-state index is -0.961. The Labute approximate surface area is 100.0 Å². The van der Waals surface area contributed by atoms with Gasteiger partial charge >= 0.3 is 11.9 Å². The van der Waals surface area contributed by atoms with E-state index in [4.69, 9.17) is 26.2 Å². The van der Waals surface area contributed by atoms with E-state index in [1.807, 2.05) is 0 Å². The van der Waals surface area contributed by atoms with E-state index in [0.29, 0.717) is 6.54 Å². The summed E-state index contributed by atoms with van der Waals surface area (Å²) < 4.78 is 0. The van der Waals surface area contributed by atoms with Gasteiger partial charge in [-0.25, -0.2) is 0 Å². The summed E-state index contributed by atoms with van der Waals surface area (Å²) >= 11 is 0. The van der Waals surface area contributed by atoms with Gasteiger partial charge in [-0.05, 0) is 0 Å². The van der Waals surface area contributed by atoms with Crippen LogP contribution in [-0.2, 0) is 9.59 Å². The van der Waals surface area contributed by atoms with Crippen molar-refractivity contribution in [3.63, 3.8) is 0 Å². The second-order valence-corrected chi connectivity index (χ2v) is 2.26. The van der Waals surface area contributed by atoms with Crippen molar-refractivity contribution in [3.05, 3.63) is 12.7 Å². The van der Waals surface area contributed by atoms with Gasteiger partial charge in [0.25, 0.3) is 0 Å². The Morgan fingerprint density at radius 1 is 1.06 bits per heavy atom. The number of hydrogen-bond acceptors (Lipinski definition) is 6. The van der Waals surface area contributed by atoms with Crippen LogP contribution in [0.15, 0.2) is 12.7 Å². The van der Waals surface area contributed by atoms with E-state index in [1.54, 1.807) is 6.08 Å². The molecule has 0 unspecified atom stereocenters. The quantitative estimate of drug-likeness (QED) is 0.345. The highest BCUT2D eigenvalue weighted by atomic mass is 16.4. The monoisotopic (exact) mass is 254 g/mol. The molecule has 8 nitrogen and oxygen atoms in total. The molecule has 0 bridgehead atoms. The van der Waals surface area contributed by atoms with Crippen molar-refractivity contribution < 1.29 is 30.0 Å². The lowest BCUT2D eigenvalue weighted by Gasteiger charge is -1.80. The fourth-order valence-corrected chi connectivity index (χ4v) is 0.191. The molecule has 0 aromatic carbocycles. The van der Waals surface area contributed by atoms with Crippen molar-refractivity contribution in [1.82, 2.24) is 6.15 Å². The second kappa shape index (κ2) is 24.0. The van der Waals surface area contributed by atoms with Crippen molar-refractivity contribution in [2.75, 3.05) is 19.8 Å². The Morgan fingerprint density at radius 2 is 1.29 bits per heavy atom. The maximum atomic E-state index is 9.44. The van der Waals surface area contributed by atoms with Crippen LogP contribution in [-0.4, -0.2) is 52.1 Å². The number of aliphatic hydroxyl groups excluding tert-OH is 2. The molecule has 0 rings (SSSR count). The maximum Gasteiger partial charge on any atom is 0.305 e. The number of rotatable bonds is 5. The number of carbonyl (C=O) groups is 2. The van der Waals surface area contributed by atoms with Crippen molar-refractivity contribution in [2.45, 2.75) is 12.8 Å². The number of carboxylic acid groups (broad SMARTS) is 2. The molecule has 0 heterocycles. The highest BCUT2D eigenvalue weighted by molar-refractivity contribution is 5.66. The Morgan fingerprint density at radius 3 is 1.29 bits per heavy atom. The number of nitrogens with two attached hydrogens (primary N) is 1. The van der Waals surface area contributed by atoms with Gasteiger partial charge in [0.1, 0.15) is 0 Å². The first-order chi connectivity index (χ1) is 7.45. The van der Waals surface area contributed by atoms with Gasteiger partial charge in [-0.2, -0.15) is 0 Å². The van der Waals surface area contributed by atoms with Crippen molar-refractivity contribution in [1.29, 1.82) is 0 Å². The van der Waals surface area contributed by atoms with Crippen LogP contribution in [0.3, 0.4) is 0 Å². The largest absolute Gasteiger partial charge is 0.481 e. The van der Waals surface area contributed by atoms with Crippen LogP contribution in [0, 0.1) is 0 Å². The van der Waals surface area contributed by atoms with Crippen LogP contribution < -0.4 is 11.9 Å². The predicted octanol–water partition coefficient (Wildman–Crippen LogP) is -0.800. The highest BCUT2D eigenvalue weighted by Gasteiger charge is 1.89. The standard InChI is InChI=1S/C3H7N.2C3H6O3.H3N/c1-2-3-4;2*4-2-1-3(5)6;/h2H,1,3-4H2;2*4H,1-2H2,(H,5,6);1H3. The van der Waals surface area contributed by atoms with E-state index < -0.39 is 11.9 Å². The zero-order valence-electron chi connectivity index (χ0n) is 9.71. The molecule has 0 aliphatic heterocycles. The lowest BCUT2D eigenvalue weighted by atomic mass is 10.5. The molecule has 0 aliphatic carbocycles. The summed E-state index contributed by atoms with van der Waals surface area (Å²) in [5.74, 6) is -1.92. The molecular weight excluding hydrogens is 232 g/mol. The van der Waals surface area contributed by atoms with Gasteiger partial charge in [0.05, 0.1) is 26.1 Å². The Kier molecular flexibility index (Phi) is 34.8. The van der Waals surface area contributed by atoms with Crippen molar-refractivity contribution in [3.8, 4) is 0 Å². The first kappa shape index (κ1) is 24.7. The highest BCUT2D eigenvalue weighted by Crippen LogP contribution is 1.70. The zero-order valence-corrected chi connectivity index (χ0v) is 9.71. The van der Waals surface area contributed by atoms with Crippen LogP contribution in [0.1, 0.15) is 12.8 Å². The summed E-state index contributed by atoms with van der Waals surface area (Å²) in [5.41, 5.74) is 4.91.